The van der Waals surface area contributed by atoms with E-state index in [0.717, 1.165) is 78.8 Å². The average molecular weight is 496 g/mol. The first-order valence-corrected chi connectivity index (χ1v) is 13.2. The molecule has 0 saturated carbocycles. The highest BCUT2D eigenvalue weighted by molar-refractivity contribution is 7.98. The average Bonchev–Trinajstić information content (AvgIpc) is 3.50. The molecule has 34 heavy (non-hydrogen) atoms. The number of thiazole rings is 1. The van der Waals surface area contributed by atoms with Crippen LogP contribution in [0.3, 0.4) is 0 Å². The van der Waals surface area contributed by atoms with Gasteiger partial charge in [0.2, 0.25) is 0 Å². The molecule has 0 N–H and O–H groups in total. The number of hydrogen-bond acceptors (Lipinski definition) is 7. The number of ether oxygens (including phenoxy) is 1. The van der Waals surface area contributed by atoms with Crippen LogP contribution in [0.25, 0.3) is 11.4 Å². The van der Waals surface area contributed by atoms with E-state index in [9.17, 15) is 4.39 Å². The van der Waals surface area contributed by atoms with Crippen LogP contribution in [0.4, 0.5) is 4.39 Å². The molecule has 1 saturated heterocycles. The van der Waals surface area contributed by atoms with Crippen molar-refractivity contribution in [2.24, 2.45) is 0 Å². The van der Waals surface area contributed by atoms with Gasteiger partial charge in [-0.3, -0.25) is 4.90 Å². The van der Waals surface area contributed by atoms with Crippen molar-refractivity contribution in [1.29, 1.82) is 0 Å². The predicted octanol–water partition coefficient (Wildman–Crippen LogP) is 4.76. The molecule has 1 aliphatic rings. The Labute approximate surface area is 206 Å². The van der Waals surface area contributed by atoms with Crippen LogP contribution in [0, 0.1) is 5.82 Å². The van der Waals surface area contributed by atoms with Crippen LogP contribution in [0.1, 0.15) is 16.3 Å². The second-order valence-corrected chi connectivity index (χ2v) is 9.99. The highest BCUT2D eigenvalue weighted by Crippen LogP contribution is 2.27. The molecule has 6 nitrogen and oxygen atoms in total. The predicted molar refractivity (Wildman–Crippen MR) is 134 cm³/mol. The summed E-state index contributed by atoms with van der Waals surface area (Å²) in [6, 6.07) is 16.9. The molecule has 0 radical (unpaired) electrons. The van der Waals surface area contributed by atoms with Crippen molar-refractivity contribution in [3.05, 3.63) is 82.1 Å². The molecule has 9 heteroatoms. The Kier molecular flexibility index (Phi) is 7.65. The van der Waals surface area contributed by atoms with Gasteiger partial charge in [-0.15, -0.1) is 21.5 Å². The van der Waals surface area contributed by atoms with Gasteiger partial charge in [0.25, 0.3) is 0 Å². The lowest BCUT2D eigenvalue weighted by Gasteiger charge is -2.27. The summed E-state index contributed by atoms with van der Waals surface area (Å²) in [4.78, 5) is 7.21. The zero-order valence-corrected chi connectivity index (χ0v) is 20.4. The second kappa shape index (κ2) is 11.2. The van der Waals surface area contributed by atoms with Crippen LogP contribution in [-0.2, 0) is 23.5 Å². The summed E-state index contributed by atoms with van der Waals surface area (Å²) in [7, 11) is 0. The molecular weight excluding hydrogens is 469 g/mol. The molecule has 0 unspecified atom stereocenters. The summed E-state index contributed by atoms with van der Waals surface area (Å²) >= 11 is 3.34. The maximum Gasteiger partial charge on any atom is 0.191 e. The zero-order chi connectivity index (χ0) is 23.2. The van der Waals surface area contributed by atoms with Crippen molar-refractivity contribution in [2.75, 3.05) is 32.8 Å². The van der Waals surface area contributed by atoms with Gasteiger partial charge in [-0.05, 0) is 29.8 Å². The third kappa shape index (κ3) is 5.90. The third-order valence-corrected chi connectivity index (χ3v) is 7.61. The number of benzene rings is 2. The number of hydrogen-bond donors (Lipinski definition) is 0. The molecule has 0 bridgehead atoms. The van der Waals surface area contributed by atoms with Crippen LogP contribution >= 0.6 is 23.1 Å². The molecule has 5 rings (SSSR count). The van der Waals surface area contributed by atoms with Gasteiger partial charge >= 0.3 is 0 Å². The number of aromatic nitrogens is 4. The van der Waals surface area contributed by atoms with E-state index in [-0.39, 0.29) is 5.82 Å². The van der Waals surface area contributed by atoms with E-state index in [1.165, 1.54) is 17.7 Å². The van der Waals surface area contributed by atoms with Crippen molar-refractivity contribution in [2.45, 2.75) is 23.9 Å². The highest BCUT2D eigenvalue weighted by atomic mass is 32.2. The van der Waals surface area contributed by atoms with Crippen LogP contribution in [-0.4, -0.2) is 57.5 Å². The van der Waals surface area contributed by atoms with E-state index < -0.39 is 0 Å². The first kappa shape index (κ1) is 23.2. The van der Waals surface area contributed by atoms with Gasteiger partial charge < -0.3 is 9.30 Å². The molecule has 3 heterocycles. The van der Waals surface area contributed by atoms with Gasteiger partial charge in [-0.1, -0.05) is 42.1 Å². The fourth-order valence-electron chi connectivity index (χ4n) is 3.88. The van der Waals surface area contributed by atoms with Crippen molar-refractivity contribution in [1.82, 2.24) is 24.6 Å². The fourth-order valence-corrected chi connectivity index (χ4v) is 5.67. The maximum atomic E-state index is 13.5. The standard InChI is InChI=1S/C25H26FN5OS2/c26-21-8-6-20(7-9-21)24-28-29-25(31(24)11-10-30-12-14-32-15-13-30)34-18-22-17-33-23(27-22)16-19-4-2-1-3-5-19/h1-9,17H,10-16,18H2. The fraction of sp³-hybridized carbons (Fsp3) is 0.320. The van der Waals surface area contributed by atoms with E-state index >= 15 is 0 Å². The minimum atomic E-state index is -0.257. The quantitative estimate of drug-likeness (QED) is 0.312. The first-order chi connectivity index (χ1) is 16.7. The topological polar surface area (TPSA) is 56.1 Å². The molecule has 4 aromatic rings. The molecule has 0 aliphatic carbocycles. The van der Waals surface area contributed by atoms with E-state index in [4.69, 9.17) is 9.72 Å². The Morgan fingerprint density at radius 3 is 2.56 bits per heavy atom. The molecule has 0 amide bonds. The first-order valence-electron chi connectivity index (χ1n) is 11.3. The lowest BCUT2D eigenvalue weighted by molar-refractivity contribution is 0.0361. The van der Waals surface area contributed by atoms with Crippen molar-refractivity contribution in [3.8, 4) is 11.4 Å². The molecule has 1 fully saturated rings. The summed E-state index contributed by atoms with van der Waals surface area (Å²) in [5.74, 6) is 1.23. The molecule has 176 valence electrons. The van der Waals surface area contributed by atoms with E-state index in [1.807, 2.05) is 6.07 Å². The number of morpholine rings is 1. The van der Waals surface area contributed by atoms with Crippen molar-refractivity contribution >= 4 is 23.1 Å². The lowest BCUT2D eigenvalue weighted by Crippen LogP contribution is -2.38. The summed E-state index contributed by atoms with van der Waals surface area (Å²) in [5.41, 5.74) is 3.18. The Morgan fingerprint density at radius 2 is 1.76 bits per heavy atom. The Morgan fingerprint density at radius 1 is 0.971 bits per heavy atom. The normalized spacial score (nSPS) is 14.5. The molecule has 0 atom stereocenters. The van der Waals surface area contributed by atoms with Gasteiger partial charge in [0.05, 0.1) is 23.9 Å². The van der Waals surface area contributed by atoms with Gasteiger partial charge in [0.15, 0.2) is 11.0 Å². The Hall–Kier alpha value is -2.59. The summed E-state index contributed by atoms with van der Waals surface area (Å²) < 4.78 is 21.1. The van der Waals surface area contributed by atoms with Gasteiger partial charge in [-0.25, -0.2) is 9.37 Å². The van der Waals surface area contributed by atoms with Crippen LogP contribution < -0.4 is 0 Å². The minimum Gasteiger partial charge on any atom is -0.379 e. The number of thioether (sulfide) groups is 1. The number of halogens is 1. The minimum absolute atomic E-state index is 0.257. The Balaban J connectivity index is 1.30. The maximum absolute atomic E-state index is 13.5. The van der Waals surface area contributed by atoms with Gasteiger partial charge in [-0.2, -0.15) is 0 Å². The molecule has 2 aromatic carbocycles. The summed E-state index contributed by atoms with van der Waals surface area (Å²) in [6.07, 6.45) is 0.848. The number of rotatable bonds is 9. The third-order valence-electron chi connectivity index (χ3n) is 5.71. The Bertz CT molecular complexity index is 1190. The number of nitrogens with zero attached hydrogens (tertiary/aromatic N) is 5. The molecular formula is C25H26FN5OS2. The van der Waals surface area contributed by atoms with Crippen molar-refractivity contribution in [3.63, 3.8) is 0 Å². The largest absolute Gasteiger partial charge is 0.379 e. The smallest absolute Gasteiger partial charge is 0.191 e. The van der Waals surface area contributed by atoms with Gasteiger partial charge in [0.1, 0.15) is 5.82 Å². The monoisotopic (exact) mass is 495 g/mol. The molecule has 1 aliphatic heterocycles. The van der Waals surface area contributed by atoms with E-state index in [2.05, 4.69) is 49.3 Å². The van der Waals surface area contributed by atoms with Gasteiger partial charge in [0, 0.05) is 49.3 Å². The van der Waals surface area contributed by atoms with Crippen LogP contribution in [0.15, 0.2) is 65.1 Å². The molecule has 0 spiro atoms. The zero-order valence-electron chi connectivity index (χ0n) is 18.8. The van der Waals surface area contributed by atoms with E-state index in [1.54, 1.807) is 35.2 Å². The van der Waals surface area contributed by atoms with E-state index in [0.29, 0.717) is 0 Å². The summed E-state index contributed by atoms with van der Waals surface area (Å²) in [5, 5.41) is 13.0. The molecule has 2 aromatic heterocycles. The lowest BCUT2D eigenvalue weighted by atomic mass is 10.2. The highest BCUT2D eigenvalue weighted by Gasteiger charge is 2.17. The summed E-state index contributed by atoms with van der Waals surface area (Å²) in [6.45, 7) is 5.05. The SMILES string of the molecule is Fc1ccc(-c2nnc(SCc3csc(Cc4ccccc4)n3)n2CCN2CCOCC2)cc1. The van der Waals surface area contributed by atoms with Crippen LogP contribution in [0.2, 0.25) is 0 Å². The van der Waals surface area contributed by atoms with Crippen LogP contribution in [0.5, 0.6) is 0 Å². The second-order valence-electron chi connectivity index (χ2n) is 8.10. The van der Waals surface area contributed by atoms with Crippen molar-refractivity contribution < 1.29 is 9.13 Å².